The second-order valence-electron chi connectivity index (χ2n) is 11.0. The van der Waals surface area contributed by atoms with Crippen LogP contribution >= 0.6 is 0 Å². The van der Waals surface area contributed by atoms with Crippen molar-refractivity contribution in [2.24, 2.45) is 0 Å². The number of rotatable bonds is 22. The standard InChI is InChI=1S/C33H55NO4/c1-3-5-7-9-11-12-13-14-15-16-18-20-28-37-30-23-21-29(22-24-30)33-34(27-19-17-10-8-6-4-2)31(35)25-26-32(36)38-33/h21-24,33H,3-20,25-28H2,1-2H3. The van der Waals surface area contributed by atoms with E-state index in [4.69, 9.17) is 9.47 Å². The number of amides is 1. The van der Waals surface area contributed by atoms with Gasteiger partial charge in [-0.3, -0.25) is 9.59 Å². The van der Waals surface area contributed by atoms with Gasteiger partial charge in [0.1, 0.15) is 5.75 Å². The normalized spacial score (nSPS) is 15.9. The molecule has 1 unspecified atom stereocenters. The van der Waals surface area contributed by atoms with Crippen LogP contribution in [0.4, 0.5) is 0 Å². The third-order valence-corrected chi connectivity index (χ3v) is 7.57. The molecule has 1 aromatic carbocycles. The summed E-state index contributed by atoms with van der Waals surface area (Å²) in [6, 6.07) is 7.73. The molecule has 38 heavy (non-hydrogen) atoms. The van der Waals surface area contributed by atoms with Gasteiger partial charge in [-0.15, -0.1) is 0 Å². The van der Waals surface area contributed by atoms with Crippen LogP contribution in [-0.4, -0.2) is 29.9 Å². The lowest BCUT2D eigenvalue weighted by Crippen LogP contribution is -2.35. The first-order valence-electron chi connectivity index (χ1n) is 15.9. The van der Waals surface area contributed by atoms with E-state index in [1.54, 1.807) is 4.90 Å². The van der Waals surface area contributed by atoms with E-state index in [9.17, 15) is 9.59 Å². The number of ether oxygens (including phenoxy) is 2. The highest BCUT2D eigenvalue weighted by Crippen LogP contribution is 2.29. The number of hydrogen-bond donors (Lipinski definition) is 0. The summed E-state index contributed by atoms with van der Waals surface area (Å²) < 4.78 is 11.7. The lowest BCUT2D eigenvalue weighted by molar-refractivity contribution is -0.160. The molecule has 5 nitrogen and oxygen atoms in total. The molecule has 2 rings (SSSR count). The average molecular weight is 530 g/mol. The van der Waals surface area contributed by atoms with Gasteiger partial charge >= 0.3 is 5.97 Å². The van der Waals surface area contributed by atoms with Gasteiger partial charge in [0.05, 0.1) is 13.0 Å². The van der Waals surface area contributed by atoms with Gasteiger partial charge in [0.25, 0.3) is 0 Å². The number of esters is 1. The Kier molecular flexibility index (Phi) is 17.7. The van der Waals surface area contributed by atoms with Gasteiger partial charge in [-0.2, -0.15) is 0 Å². The lowest BCUT2D eigenvalue weighted by atomic mass is 10.1. The Morgan fingerprint density at radius 1 is 0.684 bits per heavy atom. The SMILES string of the molecule is CCCCCCCCCCCCCCOc1ccc(C2OC(=O)CCC(=O)N2CCCCCCCC)cc1. The summed E-state index contributed by atoms with van der Waals surface area (Å²) >= 11 is 0. The van der Waals surface area contributed by atoms with Crippen LogP contribution in [0.15, 0.2) is 24.3 Å². The molecule has 0 aliphatic carbocycles. The first kappa shape index (κ1) is 32.2. The number of unbranched alkanes of at least 4 members (excludes halogenated alkanes) is 16. The number of benzene rings is 1. The van der Waals surface area contributed by atoms with Crippen LogP contribution in [0.2, 0.25) is 0 Å². The van der Waals surface area contributed by atoms with Crippen molar-refractivity contribution < 1.29 is 19.1 Å². The van der Waals surface area contributed by atoms with E-state index in [2.05, 4.69) is 13.8 Å². The van der Waals surface area contributed by atoms with E-state index in [0.29, 0.717) is 6.54 Å². The minimum absolute atomic E-state index is 0.00158. The average Bonchev–Trinajstić information content (AvgIpc) is 3.07. The van der Waals surface area contributed by atoms with E-state index in [1.807, 2.05) is 24.3 Å². The van der Waals surface area contributed by atoms with Crippen molar-refractivity contribution in [1.29, 1.82) is 0 Å². The molecule has 0 bridgehead atoms. The van der Waals surface area contributed by atoms with Crippen molar-refractivity contribution in [3.63, 3.8) is 0 Å². The molecule has 1 aromatic rings. The molecular weight excluding hydrogens is 474 g/mol. The number of nitrogens with zero attached hydrogens (tertiary/aromatic N) is 1. The third kappa shape index (κ3) is 13.7. The first-order valence-corrected chi connectivity index (χ1v) is 15.9. The van der Waals surface area contributed by atoms with Crippen molar-refractivity contribution in [2.75, 3.05) is 13.2 Å². The lowest BCUT2D eigenvalue weighted by Gasteiger charge is -2.29. The van der Waals surface area contributed by atoms with Crippen LogP contribution in [0.1, 0.15) is 154 Å². The highest BCUT2D eigenvalue weighted by atomic mass is 16.6. The van der Waals surface area contributed by atoms with Gasteiger partial charge in [-0.05, 0) is 37.1 Å². The predicted octanol–water partition coefficient (Wildman–Crippen LogP) is 9.29. The zero-order valence-corrected chi connectivity index (χ0v) is 24.5. The Labute approximate surface area is 233 Å². The maximum absolute atomic E-state index is 12.8. The molecule has 5 heteroatoms. The van der Waals surface area contributed by atoms with Gasteiger partial charge in [0, 0.05) is 18.5 Å². The Bertz CT molecular complexity index is 748. The van der Waals surface area contributed by atoms with Crippen LogP contribution in [0, 0.1) is 0 Å². The Hall–Kier alpha value is -2.04. The second-order valence-corrected chi connectivity index (χ2v) is 11.0. The topological polar surface area (TPSA) is 55.8 Å². The minimum Gasteiger partial charge on any atom is -0.494 e. The number of hydrogen-bond acceptors (Lipinski definition) is 4. The molecule has 0 spiro atoms. The van der Waals surface area contributed by atoms with E-state index in [0.717, 1.165) is 37.2 Å². The third-order valence-electron chi connectivity index (χ3n) is 7.57. The van der Waals surface area contributed by atoms with Crippen molar-refractivity contribution >= 4 is 11.9 Å². The molecule has 0 N–H and O–H groups in total. The predicted molar refractivity (Wildman–Crippen MR) is 156 cm³/mol. The zero-order chi connectivity index (χ0) is 27.3. The molecule has 0 aromatic heterocycles. The summed E-state index contributed by atoms with van der Waals surface area (Å²) in [6.07, 6.45) is 22.7. The van der Waals surface area contributed by atoms with Crippen LogP contribution < -0.4 is 4.74 Å². The summed E-state index contributed by atoms with van der Waals surface area (Å²) in [4.78, 5) is 26.7. The fourth-order valence-corrected chi connectivity index (χ4v) is 5.14. The van der Waals surface area contributed by atoms with Crippen molar-refractivity contribution in [3.05, 3.63) is 29.8 Å². The first-order chi connectivity index (χ1) is 18.7. The molecule has 1 aliphatic rings. The molecule has 1 saturated heterocycles. The number of carbonyl (C=O) groups excluding carboxylic acids is 2. The van der Waals surface area contributed by atoms with Crippen LogP contribution in [0.3, 0.4) is 0 Å². The van der Waals surface area contributed by atoms with Gasteiger partial charge in [0.2, 0.25) is 12.1 Å². The molecule has 216 valence electrons. The van der Waals surface area contributed by atoms with Crippen molar-refractivity contribution in [1.82, 2.24) is 4.90 Å². The number of cyclic esters (lactones) is 1. The molecule has 1 heterocycles. The molecule has 0 radical (unpaired) electrons. The number of carbonyl (C=O) groups is 2. The minimum atomic E-state index is -0.640. The molecule has 1 fully saturated rings. The second kappa shape index (κ2) is 20.9. The zero-order valence-electron chi connectivity index (χ0n) is 24.5. The van der Waals surface area contributed by atoms with Crippen molar-refractivity contribution in [2.45, 2.75) is 148 Å². The maximum Gasteiger partial charge on any atom is 0.308 e. The molecule has 1 atom stereocenters. The molecule has 1 aliphatic heterocycles. The van der Waals surface area contributed by atoms with E-state index < -0.39 is 6.23 Å². The Morgan fingerprint density at radius 2 is 1.18 bits per heavy atom. The van der Waals surface area contributed by atoms with Gasteiger partial charge in [-0.1, -0.05) is 117 Å². The smallest absolute Gasteiger partial charge is 0.308 e. The summed E-state index contributed by atoms with van der Waals surface area (Å²) in [5, 5.41) is 0. The Morgan fingerprint density at radius 3 is 1.74 bits per heavy atom. The van der Waals surface area contributed by atoms with Gasteiger partial charge in [0.15, 0.2) is 0 Å². The monoisotopic (exact) mass is 529 g/mol. The summed E-state index contributed by atoms with van der Waals surface area (Å²) in [6.45, 7) is 5.83. The Balaban J connectivity index is 1.68. The summed E-state index contributed by atoms with van der Waals surface area (Å²) in [5.41, 5.74) is 0.831. The summed E-state index contributed by atoms with van der Waals surface area (Å²) in [7, 11) is 0. The maximum atomic E-state index is 12.8. The highest BCUT2D eigenvalue weighted by Gasteiger charge is 2.31. The highest BCUT2D eigenvalue weighted by molar-refractivity contribution is 5.83. The quantitative estimate of drug-likeness (QED) is 0.111. The van der Waals surface area contributed by atoms with Crippen LogP contribution in [-0.2, 0) is 14.3 Å². The van der Waals surface area contributed by atoms with Crippen LogP contribution in [0.5, 0.6) is 5.75 Å². The molecule has 0 saturated carbocycles. The van der Waals surface area contributed by atoms with Gasteiger partial charge < -0.3 is 14.4 Å². The van der Waals surface area contributed by atoms with Crippen LogP contribution in [0.25, 0.3) is 0 Å². The molecular formula is C33H55NO4. The van der Waals surface area contributed by atoms with Gasteiger partial charge in [-0.25, -0.2) is 0 Å². The van der Waals surface area contributed by atoms with E-state index in [-0.39, 0.29) is 24.7 Å². The molecule has 1 amide bonds. The fourth-order valence-electron chi connectivity index (χ4n) is 5.14. The largest absolute Gasteiger partial charge is 0.494 e. The fraction of sp³-hybridized carbons (Fsp3) is 0.758. The van der Waals surface area contributed by atoms with Crippen molar-refractivity contribution in [3.8, 4) is 5.75 Å². The van der Waals surface area contributed by atoms with E-state index in [1.165, 1.54) is 96.3 Å². The van der Waals surface area contributed by atoms with E-state index >= 15 is 0 Å². The summed E-state index contributed by atoms with van der Waals surface area (Å²) in [5.74, 6) is 0.522.